The van der Waals surface area contributed by atoms with Crippen LogP contribution in [0.3, 0.4) is 0 Å². The van der Waals surface area contributed by atoms with Gasteiger partial charge >= 0.3 is 11.9 Å². The summed E-state index contributed by atoms with van der Waals surface area (Å²) in [5.74, 6) is 0.138. The first-order valence-corrected chi connectivity index (χ1v) is 22.0. The highest BCUT2D eigenvalue weighted by Crippen LogP contribution is 2.40. The number of aryl methyl sites for hydroxylation is 2. The minimum absolute atomic E-state index is 0.224. The number of anilines is 4. The van der Waals surface area contributed by atoms with Crippen LogP contribution < -0.4 is 19.3 Å². The highest BCUT2D eigenvalue weighted by atomic mass is 16.5. The number of hydrogen-bond donors (Lipinski definition) is 2. The Hall–Kier alpha value is -9.12. The van der Waals surface area contributed by atoms with Crippen molar-refractivity contribution in [1.29, 1.82) is 10.5 Å². The number of carboxylic acids is 2. The van der Waals surface area contributed by atoms with Crippen LogP contribution in [0.4, 0.5) is 22.7 Å². The van der Waals surface area contributed by atoms with E-state index in [1.165, 1.54) is 17.7 Å². The Bertz CT molecular complexity index is 3090. The van der Waals surface area contributed by atoms with Crippen molar-refractivity contribution >= 4 is 46.3 Å². The van der Waals surface area contributed by atoms with Crippen molar-refractivity contribution in [3.8, 4) is 35.1 Å². The molecule has 334 valence electrons. The molecule has 10 nitrogen and oxygen atoms in total. The van der Waals surface area contributed by atoms with Gasteiger partial charge in [0.25, 0.3) is 0 Å². The predicted molar refractivity (Wildman–Crippen MR) is 266 cm³/mol. The molecule has 0 aliphatic heterocycles. The third kappa shape index (κ3) is 11.0. The van der Waals surface area contributed by atoms with Crippen molar-refractivity contribution in [3.05, 3.63) is 227 Å². The highest BCUT2D eigenvalue weighted by molar-refractivity contribution is 5.96. The monoisotopic (exact) mass is 894 g/mol. The molecule has 0 heterocycles. The summed E-state index contributed by atoms with van der Waals surface area (Å²) in [5.41, 5.74) is 10.1. The molecule has 6 aromatic carbocycles. The van der Waals surface area contributed by atoms with E-state index in [0.29, 0.717) is 23.5 Å². The quantitative estimate of drug-likeness (QED) is 0.0754. The second-order valence-electron chi connectivity index (χ2n) is 16.3. The first-order chi connectivity index (χ1) is 33.0. The van der Waals surface area contributed by atoms with Crippen LogP contribution in [0.1, 0.15) is 41.5 Å². The number of carbonyl (C=O) groups is 2. The minimum Gasteiger partial charge on any atom is -0.477 e. The van der Waals surface area contributed by atoms with Crippen molar-refractivity contribution < 1.29 is 29.3 Å². The molecule has 10 heteroatoms. The number of ether oxygens (including phenoxy) is 2. The van der Waals surface area contributed by atoms with E-state index in [1.807, 2.05) is 135 Å². The van der Waals surface area contributed by atoms with E-state index in [9.17, 15) is 30.3 Å². The molecule has 0 spiro atoms. The normalized spacial score (nSPS) is 14.6. The van der Waals surface area contributed by atoms with Gasteiger partial charge < -0.3 is 29.5 Å². The number of benzene rings is 6. The second-order valence-corrected chi connectivity index (χ2v) is 16.3. The molecule has 68 heavy (non-hydrogen) atoms. The highest BCUT2D eigenvalue weighted by Gasteiger charge is 2.22. The summed E-state index contributed by atoms with van der Waals surface area (Å²) < 4.78 is 12.3. The lowest BCUT2D eigenvalue weighted by Gasteiger charge is -2.32. The smallest absolute Gasteiger partial charge is 0.346 e. The van der Waals surface area contributed by atoms with Crippen molar-refractivity contribution in [1.82, 2.24) is 0 Å². The van der Waals surface area contributed by atoms with Crippen LogP contribution in [0.25, 0.3) is 11.6 Å². The van der Waals surface area contributed by atoms with E-state index < -0.39 is 11.9 Å². The Kier molecular flexibility index (Phi) is 13.9. The summed E-state index contributed by atoms with van der Waals surface area (Å²) in [6.07, 6.45) is 15.2. The van der Waals surface area contributed by atoms with Gasteiger partial charge in [0.2, 0.25) is 0 Å². The topological polar surface area (TPSA) is 147 Å². The van der Waals surface area contributed by atoms with Crippen LogP contribution in [-0.4, -0.2) is 22.2 Å². The van der Waals surface area contributed by atoms with Crippen LogP contribution >= 0.6 is 0 Å². The average Bonchev–Trinajstić information content (AvgIpc) is 3.36. The van der Waals surface area contributed by atoms with Gasteiger partial charge in [0.05, 0.1) is 0 Å². The van der Waals surface area contributed by atoms with E-state index >= 15 is 0 Å². The molecule has 2 N–H and O–H groups in total. The third-order valence-corrected chi connectivity index (χ3v) is 11.5. The van der Waals surface area contributed by atoms with E-state index in [1.54, 1.807) is 24.3 Å². The number of nitrogens with zero attached hydrogens (tertiary/aromatic N) is 4. The second kappa shape index (κ2) is 20.8. The van der Waals surface area contributed by atoms with E-state index in [-0.39, 0.29) is 17.1 Å². The summed E-state index contributed by atoms with van der Waals surface area (Å²) in [6, 6.07) is 50.8. The van der Waals surface area contributed by atoms with Crippen molar-refractivity contribution in [3.63, 3.8) is 0 Å². The SMILES string of the molecule is Cc1ccc(Oc2ccc(N(C3=CCC(/C=C(\C#N)C(=O)O)C=C3)C3=CC=C(c4ccc(N(c5ccc(/C=C(\C#N)C(=O)O)cc5)c5ccc(Oc6ccc(C)cc6)cc5)cc4)CC3)cc2)cc1. The van der Waals surface area contributed by atoms with E-state index in [2.05, 4.69) is 52.3 Å². The fraction of sp³-hybridized carbons (Fsp3) is 0.103. The number of carboxylic acid groups (broad SMARTS) is 2. The number of nitriles is 2. The van der Waals surface area contributed by atoms with Crippen LogP contribution in [0.15, 0.2) is 205 Å². The maximum absolute atomic E-state index is 11.6. The Morgan fingerprint density at radius 2 is 1.04 bits per heavy atom. The van der Waals surface area contributed by atoms with E-state index in [4.69, 9.17) is 9.47 Å². The molecule has 2 aliphatic rings. The molecule has 0 saturated carbocycles. The lowest BCUT2D eigenvalue weighted by atomic mass is 9.93. The van der Waals surface area contributed by atoms with Gasteiger partial charge in [-0.1, -0.05) is 84.0 Å². The summed E-state index contributed by atoms with van der Waals surface area (Å²) in [7, 11) is 0. The predicted octanol–water partition coefficient (Wildman–Crippen LogP) is 13.9. The van der Waals surface area contributed by atoms with Gasteiger partial charge in [-0.05, 0) is 165 Å². The lowest BCUT2D eigenvalue weighted by molar-refractivity contribution is -0.133. The summed E-state index contributed by atoms with van der Waals surface area (Å²) in [5, 5.41) is 37.5. The van der Waals surface area contributed by atoms with Gasteiger partial charge in [-0.25, -0.2) is 9.59 Å². The molecule has 0 amide bonds. The number of allylic oxidation sites excluding steroid dienone is 8. The Morgan fingerprint density at radius 1 is 0.588 bits per heavy atom. The molecule has 0 bridgehead atoms. The molecule has 0 radical (unpaired) electrons. The summed E-state index contributed by atoms with van der Waals surface area (Å²) in [6.45, 7) is 4.06. The summed E-state index contributed by atoms with van der Waals surface area (Å²) in [4.78, 5) is 27.4. The number of hydrogen-bond acceptors (Lipinski definition) is 8. The zero-order valence-electron chi connectivity index (χ0n) is 37.4. The van der Waals surface area contributed by atoms with Crippen molar-refractivity contribution in [2.24, 2.45) is 5.92 Å². The van der Waals surface area contributed by atoms with Crippen LogP contribution in [0, 0.1) is 42.4 Å². The standard InChI is InChI=1S/C58H46N4O6/c1-39-3-27-53(28-4-39)67-55-31-23-51(24-32-55)61(47-15-7-41(8-16-47)35-45(37-59)57(63)64)49-19-11-43(12-20-49)44-13-21-50(22-14-44)62(48-17-9-42(10-18-48)36-46(38-60)58(65)66)52-25-33-56(34-26-52)68-54-29-5-40(2)6-30-54/h3-9,11-13,15-21,23-36,42H,10,14,22H2,1-2H3,(H,63,64)(H,65,66)/b45-35+,46-36+. The molecule has 1 unspecified atom stereocenters. The maximum Gasteiger partial charge on any atom is 0.346 e. The zero-order chi connectivity index (χ0) is 47.6. The maximum atomic E-state index is 11.6. The first-order valence-electron chi connectivity index (χ1n) is 22.0. The van der Waals surface area contributed by atoms with Crippen molar-refractivity contribution in [2.45, 2.75) is 33.1 Å². The largest absolute Gasteiger partial charge is 0.477 e. The fourth-order valence-electron chi connectivity index (χ4n) is 7.93. The van der Waals surface area contributed by atoms with Gasteiger partial charge in [-0.3, -0.25) is 0 Å². The summed E-state index contributed by atoms with van der Waals surface area (Å²) >= 11 is 0. The Morgan fingerprint density at radius 3 is 1.47 bits per heavy atom. The minimum atomic E-state index is -1.28. The zero-order valence-corrected chi connectivity index (χ0v) is 37.4. The fourth-order valence-corrected chi connectivity index (χ4v) is 7.93. The van der Waals surface area contributed by atoms with Crippen LogP contribution in [0.5, 0.6) is 23.0 Å². The molecule has 8 rings (SSSR count). The Balaban J connectivity index is 1.07. The molecule has 0 saturated heterocycles. The van der Waals surface area contributed by atoms with E-state index in [0.717, 1.165) is 75.2 Å². The molecule has 0 fully saturated rings. The van der Waals surface area contributed by atoms with Gasteiger partial charge in [-0.15, -0.1) is 0 Å². The van der Waals surface area contributed by atoms with Gasteiger partial charge in [0.1, 0.15) is 46.3 Å². The number of aliphatic carboxylic acids is 2. The lowest BCUT2D eigenvalue weighted by Crippen LogP contribution is -2.23. The molecule has 6 aromatic rings. The molecular weight excluding hydrogens is 849 g/mol. The molecule has 1 atom stereocenters. The Labute approximate surface area is 395 Å². The van der Waals surface area contributed by atoms with Crippen LogP contribution in [-0.2, 0) is 9.59 Å². The molecule has 0 aromatic heterocycles. The molecule has 2 aliphatic carbocycles. The first kappa shape index (κ1) is 45.4. The van der Waals surface area contributed by atoms with Gasteiger partial charge in [0.15, 0.2) is 0 Å². The average molecular weight is 895 g/mol. The van der Waals surface area contributed by atoms with Crippen molar-refractivity contribution in [2.75, 3.05) is 9.80 Å². The molecular formula is C58H46N4O6. The number of rotatable bonds is 15. The van der Waals surface area contributed by atoms with Crippen LogP contribution in [0.2, 0.25) is 0 Å². The van der Waals surface area contributed by atoms with Gasteiger partial charge in [-0.2, -0.15) is 10.5 Å². The van der Waals surface area contributed by atoms with Gasteiger partial charge in [0, 0.05) is 40.1 Å². The third-order valence-electron chi connectivity index (χ3n) is 11.5.